The van der Waals surface area contributed by atoms with Crippen LogP contribution in [0.4, 0.5) is 10.1 Å². The maximum atomic E-state index is 13.1. The normalized spacial score (nSPS) is 11.4. The molecule has 0 aliphatic rings. The van der Waals surface area contributed by atoms with Crippen LogP contribution >= 0.6 is 37.9 Å². The molecular weight excluding hydrogens is 405 g/mol. The number of benzene rings is 1. The van der Waals surface area contributed by atoms with Gasteiger partial charge in [-0.3, -0.25) is 4.79 Å². The molecule has 0 fully saturated rings. The van der Waals surface area contributed by atoms with Crippen molar-refractivity contribution in [2.45, 2.75) is 11.1 Å². The van der Waals surface area contributed by atoms with Gasteiger partial charge in [-0.2, -0.15) is 0 Å². The van der Waals surface area contributed by atoms with E-state index in [0.717, 1.165) is 11.3 Å². The van der Waals surface area contributed by atoms with E-state index in [1.807, 2.05) is 0 Å². The number of hydrogen-bond donors (Lipinski definition) is 1. The summed E-state index contributed by atoms with van der Waals surface area (Å²) < 4.78 is 35.8. The average molecular weight is 413 g/mol. The minimum Gasteiger partial charge on any atom is -0.322 e. The fourth-order valence-corrected chi connectivity index (χ4v) is 4.14. The third kappa shape index (κ3) is 3.82. The Bertz CT molecular complexity index is 820. The van der Waals surface area contributed by atoms with Crippen molar-refractivity contribution in [2.24, 2.45) is 0 Å². The van der Waals surface area contributed by atoms with Crippen molar-refractivity contribution in [1.29, 1.82) is 0 Å². The third-order valence-corrected chi connectivity index (χ3v) is 6.29. The number of halogens is 3. The monoisotopic (exact) mass is 411 g/mol. The molecule has 0 saturated heterocycles. The van der Waals surface area contributed by atoms with E-state index < -0.39 is 20.8 Å². The van der Waals surface area contributed by atoms with Gasteiger partial charge in [0.1, 0.15) is 10.0 Å². The second kappa shape index (κ2) is 6.04. The lowest BCUT2D eigenvalue weighted by Crippen LogP contribution is -2.12. The van der Waals surface area contributed by atoms with E-state index >= 15 is 0 Å². The van der Waals surface area contributed by atoms with Crippen LogP contribution in [-0.4, -0.2) is 14.3 Å². The van der Waals surface area contributed by atoms with Crippen LogP contribution in [0.15, 0.2) is 32.9 Å². The fraction of sp³-hybridized carbons (Fsp3) is 0.0833. The molecule has 0 bridgehead atoms. The summed E-state index contributed by atoms with van der Waals surface area (Å²) in [5.41, 5.74) is 0.592. The van der Waals surface area contributed by atoms with Crippen LogP contribution in [0.5, 0.6) is 0 Å². The van der Waals surface area contributed by atoms with Crippen LogP contribution in [0.1, 0.15) is 15.2 Å². The molecule has 4 nitrogen and oxygen atoms in total. The van der Waals surface area contributed by atoms with E-state index in [1.165, 1.54) is 24.3 Å². The van der Waals surface area contributed by atoms with E-state index in [9.17, 15) is 17.6 Å². The number of carbonyl (C=O) groups is 1. The van der Waals surface area contributed by atoms with Gasteiger partial charge in [0.25, 0.3) is 15.0 Å². The van der Waals surface area contributed by atoms with E-state index in [2.05, 4.69) is 21.2 Å². The first-order valence-electron chi connectivity index (χ1n) is 5.50. The summed E-state index contributed by atoms with van der Waals surface area (Å²) in [7, 11) is 1.38. The van der Waals surface area contributed by atoms with E-state index in [0.29, 0.717) is 10.6 Å². The topological polar surface area (TPSA) is 63.2 Å². The van der Waals surface area contributed by atoms with Gasteiger partial charge in [-0.1, -0.05) is 0 Å². The summed E-state index contributed by atoms with van der Waals surface area (Å²) in [6.07, 6.45) is 0. The van der Waals surface area contributed by atoms with E-state index in [-0.39, 0.29) is 14.2 Å². The highest BCUT2D eigenvalue weighted by atomic mass is 79.9. The van der Waals surface area contributed by atoms with Crippen molar-refractivity contribution >= 4 is 58.6 Å². The molecule has 1 N–H and O–H groups in total. The molecule has 1 aromatic heterocycles. The lowest BCUT2D eigenvalue weighted by molar-refractivity contribution is 0.102. The van der Waals surface area contributed by atoms with Crippen molar-refractivity contribution in [1.82, 2.24) is 0 Å². The zero-order chi connectivity index (χ0) is 15.8. The number of aryl methyl sites for hydroxylation is 1. The van der Waals surface area contributed by atoms with Gasteiger partial charge in [0.05, 0.1) is 10.0 Å². The smallest absolute Gasteiger partial charge is 0.270 e. The standard InChI is InChI=1S/C12H8BrClFNO3S2/c1-6-8(5-11(20-6)21(14,18)19)12(17)16-7-2-3-10(15)9(13)4-7/h2-5H,1H3,(H,16,17). The molecule has 0 spiro atoms. The lowest BCUT2D eigenvalue weighted by Gasteiger charge is -2.05. The van der Waals surface area contributed by atoms with Gasteiger partial charge in [-0.25, -0.2) is 12.8 Å². The second-order valence-corrected chi connectivity index (χ2v) is 8.96. The van der Waals surface area contributed by atoms with Gasteiger partial charge < -0.3 is 5.32 Å². The molecule has 0 unspecified atom stereocenters. The first-order chi connectivity index (χ1) is 9.68. The van der Waals surface area contributed by atoms with Crippen molar-refractivity contribution in [3.8, 4) is 0 Å². The Morgan fingerprint density at radius 2 is 2.05 bits per heavy atom. The van der Waals surface area contributed by atoms with Crippen molar-refractivity contribution in [3.63, 3.8) is 0 Å². The highest BCUT2D eigenvalue weighted by molar-refractivity contribution is 9.10. The van der Waals surface area contributed by atoms with E-state index in [1.54, 1.807) is 6.92 Å². The summed E-state index contributed by atoms with van der Waals surface area (Å²) in [4.78, 5) is 12.6. The third-order valence-electron chi connectivity index (χ3n) is 2.56. The van der Waals surface area contributed by atoms with Crippen LogP contribution in [0.25, 0.3) is 0 Å². The first kappa shape index (κ1) is 16.4. The summed E-state index contributed by atoms with van der Waals surface area (Å²) in [6.45, 7) is 1.62. The number of rotatable bonds is 3. The molecule has 0 atom stereocenters. The summed E-state index contributed by atoms with van der Waals surface area (Å²) in [6, 6.07) is 5.23. The van der Waals surface area contributed by atoms with Gasteiger partial charge in [0, 0.05) is 21.2 Å². The Morgan fingerprint density at radius 3 is 2.57 bits per heavy atom. The first-order valence-corrected chi connectivity index (χ1v) is 9.42. The van der Waals surface area contributed by atoms with Crippen LogP contribution < -0.4 is 5.32 Å². The molecule has 9 heteroatoms. The van der Waals surface area contributed by atoms with Gasteiger partial charge in [0.2, 0.25) is 0 Å². The molecule has 0 saturated carbocycles. The number of carbonyl (C=O) groups excluding carboxylic acids is 1. The Kier molecular flexibility index (Phi) is 4.72. The Labute approximate surface area is 137 Å². The van der Waals surface area contributed by atoms with Crippen LogP contribution in [0, 0.1) is 12.7 Å². The largest absolute Gasteiger partial charge is 0.322 e. The van der Waals surface area contributed by atoms with Crippen molar-refractivity contribution in [3.05, 3.63) is 45.0 Å². The quantitative estimate of drug-likeness (QED) is 0.771. The van der Waals surface area contributed by atoms with Crippen LogP contribution in [0.3, 0.4) is 0 Å². The van der Waals surface area contributed by atoms with Crippen LogP contribution in [-0.2, 0) is 9.05 Å². The number of thiophene rings is 1. The fourth-order valence-electron chi connectivity index (χ4n) is 1.57. The maximum Gasteiger partial charge on any atom is 0.270 e. The summed E-state index contributed by atoms with van der Waals surface area (Å²) in [5, 5.41) is 2.57. The lowest BCUT2D eigenvalue weighted by atomic mass is 10.2. The Morgan fingerprint density at radius 1 is 1.38 bits per heavy atom. The van der Waals surface area contributed by atoms with Crippen molar-refractivity contribution < 1.29 is 17.6 Å². The molecule has 0 aliphatic heterocycles. The molecule has 2 aromatic rings. The molecule has 0 radical (unpaired) electrons. The Balaban J connectivity index is 2.28. The SMILES string of the molecule is Cc1sc(S(=O)(=O)Cl)cc1C(=O)Nc1ccc(F)c(Br)c1. The second-order valence-electron chi connectivity index (χ2n) is 4.06. The number of hydrogen-bond acceptors (Lipinski definition) is 4. The van der Waals surface area contributed by atoms with Gasteiger partial charge >= 0.3 is 0 Å². The highest BCUT2D eigenvalue weighted by Gasteiger charge is 2.20. The van der Waals surface area contributed by atoms with Gasteiger partial charge in [-0.15, -0.1) is 11.3 Å². The zero-order valence-corrected chi connectivity index (χ0v) is 14.5. The van der Waals surface area contributed by atoms with Crippen molar-refractivity contribution in [2.75, 3.05) is 5.32 Å². The highest BCUT2D eigenvalue weighted by Crippen LogP contribution is 2.29. The predicted octanol–water partition coefficient (Wildman–Crippen LogP) is 4.14. The molecule has 1 aromatic carbocycles. The predicted molar refractivity (Wildman–Crippen MR) is 84.1 cm³/mol. The molecule has 1 amide bonds. The summed E-state index contributed by atoms with van der Waals surface area (Å²) >= 11 is 3.93. The number of anilines is 1. The molecule has 0 aliphatic carbocycles. The molecule has 112 valence electrons. The maximum absolute atomic E-state index is 13.1. The molecule has 1 heterocycles. The number of amides is 1. The zero-order valence-electron chi connectivity index (χ0n) is 10.5. The molecular formula is C12H8BrClFNO3S2. The number of nitrogens with one attached hydrogen (secondary N) is 1. The summed E-state index contributed by atoms with van der Waals surface area (Å²) in [5.74, 6) is -0.941. The van der Waals surface area contributed by atoms with E-state index in [4.69, 9.17) is 10.7 Å². The van der Waals surface area contributed by atoms with Crippen LogP contribution in [0.2, 0.25) is 0 Å². The van der Waals surface area contributed by atoms with Gasteiger partial charge in [-0.05, 0) is 47.1 Å². The molecule has 21 heavy (non-hydrogen) atoms. The molecule has 2 rings (SSSR count). The van der Waals surface area contributed by atoms with Gasteiger partial charge in [0.15, 0.2) is 0 Å². The minimum atomic E-state index is -3.87. The minimum absolute atomic E-state index is 0.0906. The average Bonchev–Trinajstić information content (AvgIpc) is 2.76. The Hall–Kier alpha value is -0.960.